The summed E-state index contributed by atoms with van der Waals surface area (Å²) in [5.74, 6) is -0.439. The number of nitrogens with zero attached hydrogens (tertiary/aromatic N) is 1. The lowest BCUT2D eigenvalue weighted by Gasteiger charge is -2.30. The molecule has 2 heterocycles. The summed E-state index contributed by atoms with van der Waals surface area (Å²) in [6.07, 6.45) is 1.62. The molecule has 0 spiro atoms. The molecule has 1 aromatic carbocycles. The molecule has 2 aromatic rings. The van der Waals surface area contributed by atoms with Crippen LogP contribution in [0.4, 0.5) is 0 Å². The lowest BCUT2D eigenvalue weighted by atomic mass is 9.78. The van der Waals surface area contributed by atoms with Crippen LogP contribution >= 0.6 is 0 Å². The number of carbonyl (C=O) groups is 1. The van der Waals surface area contributed by atoms with E-state index < -0.39 is 5.92 Å². The van der Waals surface area contributed by atoms with E-state index in [2.05, 4.69) is 4.98 Å². The van der Waals surface area contributed by atoms with Gasteiger partial charge in [0.15, 0.2) is 5.78 Å². The number of rotatable bonds is 1. The second-order valence-electron chi connectivity index (χ2n) is 6.68. The van der Waals surface area contributed by atoms with Gasteiger partial charge in [0.05, 0.1) is 5.92 Å². The maximum atomic E-state index is 12.8. The standard InChI is InChI=1S/C20H17N3O3/c1-10-5-6-11-8-12(20(25)23-14(11)7-10)17-13(9-21)19(22)26-16-4-2-3-15(24)18(16)17/h5-8,17H,2-4,22H2,1H3,(H,23,25)/t17-/m0/s1. The second kappa shape index (κ2) is 5.88. The van der Waals surface area contributed by atoms with Crippen molar-refractivity contribution in [2.75, 3.05) is 0 Å². The van der Waals surface area contributed by atoms with E-state index in [-0.39, 0.29) is 22.8 Å². The van der Waals surface area contributed by atoms with Gasteiger partial charge in [-0.05, 0) is 36.4 Å². The maximum absolute atomic E-state index is 12.8. The SMILES string of the molecule is Cc1ccc2cc([C@H]3C(C#N)=C(N)OC4=C3C(=O)CCC4)c(=O)[nH]c2c1. The first kappa shape index (κ1) is 16.2. The van der Waals surface area contributed by atoms with Crippen molar-refractivity contribution in [1.82, 2.24) is 4.98 Å². The molecule has 2 aliphatic rings. The number of hydrogen-bond donors (Lipinski definition) is 2. The number of aromatic amines is 1. The topological polar surface area (TPSA) is 109 Å². The first-order valence-corrected chi connectivity index (χ1v) is 8.47. The van der Waals surface area contributed by atoms with Crippen molar-refractivity contribution in [2.24, 2.45) is 5.73 Å². The van der Waals surface area contributed by atoms with E-state index in [9.17, 15) is 14.9 Å². The van der Waals surface area contributed by atoms with Gasteiger partial charge in [0, 0.05) is 29.5 Å². The number of ether oxygens (including phenoxy) is 1. The Kier molecular flexibility index (Phi) is 3.66. The number of fused-ring (bicyclic) bond motifs is 1. The Hall–Kier alpha value is -3.33. The zero-order valence-electron chi connectivity index (χ0n) is 14.3. The van der Waals surface area contributed by atoms with Crippen LogP contribution in [0.2, 0.25) is 0 Å². The maximum Gasteiger partial charge on any atom is 0.252 e. The Balaban J connectivity index is 1.99. The van der Waals surface area contributed by atoms with Crippen molar-refractivity contribution in [3.8, 4) is 6.07 Å². The van der Waals surface area contributed by atoms with Crippen LogP contribution in [0.5, 0.6) is 0 Å². The van der Waals surface area contributed by atoms with Gasteiger partial charge in [0.2, 0.25) is 5.88 Å². The highest BCUT2D eigenvalue weighted by molar-refractivity contribution is 5.99. The van der Waals surface area contributed by atoms with Crippen molar-refractivity contribution in [2.45, 2.75) is 32.1 Å². The third-order valence-corrected chi connectivity index (χ3v) is 4.95. The number of pyridine rings is 1. The quantitative estimate of drug-likeness (QED) is 0.824. The van der Waals surface area contributed by atoms with E-state index in [1.807, 2.05) is 31.2 Å². The molecule has 6 heteroatoms. The van der Waals surface area contributed by atoms with Crippen LogP contribution in [0.25, 0.3) is 10.9 Å². The summed E-state index contributed by atoms with van der Waals surface area (Å²) in [7, 11) is 0. The van der Waals surface area contributed by atoms with Crippen LogP contribution in [0, 0.1) is 18.3 Å². The Labute approximate surface area is 149 Å². The summed E-state index contributed by atoms with van der Waals surface area (Å²) < 4.78 is 5.54. The van der Waals surface area contributed by atoms with E-state index >= 15 is 0 Å². The summed E-state index contributed by atoms with van der Waals surface area (Å²) >= 11 is 0. The first-order chi connectivity index (χ1) is 12.5. The summed E-state index contributed by atoms with van der Waals surface area (Å²) in [4.78, 5) is 28.2. The zero-order chi connectivity index (χ0) is 18.4. The molecule has 0 fully saturated rings. The first-order valence-electron chi connectivity index (χ1n) is 8.47. The zero-order valence-corrected chi connectivity index (χ0v) is 14.3. The minimum atomic E-state index is -0.786. The normalized spacial score (nSPS) is 20.0. The van der Waals surface area contributed by atoms with Crippen molar-refractivity contribution < 1.29 is 9.53 Å². The number of benzene rings is 1. The number of aryl methyl sites for hydroxylation is 1. The lowest BCUT2D eigenvalue weighted by Crippen LogP contribution is -2.30. The molecular formula is C20H17N3O3. The molecule has 0 saturated carbocycles. The molecule has 4 rings (SSSR count). The fourth-order valence-electron chi connectivity index (χ4n) is 3.71. The molecule has 3 N–H and O–H groups in total. The summed E-state index contributed by atoms with van der Waals surface area (Å²) in [5.41, 5.74) is 8.17. The van der Waals surface area contributed by atoms with Crippen molar-refractivity contribution in [3.05, 3.63) is 68.5 Å². The van der Waals surface area contributed by atoms with E-state index in [1.165, 1.54) is 0 Å². The smallest absolute Gasteiger partial charge is 0.252 e. The molecule has 0 unspecified atom stereocenters. The summed E-state index contributed by atoms with van der Waals surface area (Å²) in [5, 5.41) is 10.4. The number of nitriles is 1. The van der Waals surface area contributed by atoms with Gasteiger partial charge in [0.1, 0.15) is 17.4 Å². The molecule has 0 bridgehead atoms. The molecule has 1 atom stereocenters. The fraction of sp³-hybridized carbons (Fsp3) is 0.250. The van der Waals surface area contributed by atoms with Crippen LogP contribution in [-0.2, 0) is 9.53 Å². The van der Waals surface area contributed by atoms with Crippen molar-refractivity contribution in [1.29, 1.82) is 5.26 Å². The van der Waals surface area contributed by atoms with E-state index in [4.69, 9.17) is 10.5 Å². The number of allylic oxidation sites excluding steroid dienone is 3. The van der Waals surface area contributed by atoms with Gasteiger partial charge in [-0.25, -0.2) is 0 Å². The van der Waals surface area contributed by atoms with Crippen molar-refractivity contribution >= 4 is 16.7 Å². The minimum absolute atomic E-state index is 0.0330. The monoisotopic (exact) mass is 347 g/mol. The lowest BCUT2D eigenvalue weighted by molar-refractivity contribution is -0.116. The average molecular weight is 347 g/mol. The average Bonchev–Trinajstić information content (AvgIpc) is 2.60. The molecule has 1 aliphatic carbocycles. The Morgan fingerprint density at radius 3 is 2.85 bits per heavy atom. The molecule has 1 aliphatic heterocycles. The third-order valence-electron chi connectivity index (χ3n) is 4.95. The highest BCUT2D eigenvalue weighted by Crippen LogP contribution is 2.42. The summed E-state index contributed by atoms with van der Waals surface area (Å²) in [6.45, 7) is 1.94. The van der Waals surface area contributed by atoms with E-state index in [0.29, 0.717) is 41.7 Å². The van der Waals surface area contributed by atoms with Crippen LogP contribution in [0.1, 0.15) is 36.3 Å². The molecule has 130 valence electrons. The van der Waals surface area contributed by atoms with Gasteiger partial charge < -0.3 is 15.5 Å². The number of nitrogens with two attached hydrogens (primary N) is 1. The molecule has 0 amide bonds. The fourth-order valence-corrected chi connectivity index (χ4v) is 3.71. The second-order valence-corrected chi connectivity index (χ2v) is 6.68. The predicted molar refractivity (Wildman–Crippen MR) is 95.8 cm³/mol. The molecule has 26 heavy (non-hydrogen) atoms. The molecular weight excluding hydrogens is 330 g/mol. The van der Waals surface area contributed by atoms with Gasteiger partial charge in [-0.2, -0.15) is 5.26 Å². The Bertz CT molecular complexity index is 1120. The highest BCUT2D eigenvalue weighted by Gasteiger charge is 2.39. The van der Waals surface area contributed by atoms with Crippen LogP contribution in [0.3, 0.4) is 0 Å². The Morgan fingerprint density at radius 2 is 2.08 bits per heavy atom. The van der Waals surface area contributed by atoms with Crippen LogP contribution in [0.15, 0.2) is 51.8 Å². The number of hydrogen-bond acceptors (Lipinski definition) is 5. The van der Waals surface area contributed by atoms with Crippen LogP contribution < -0.4 is 11.3 Å². The molecule has 1 aromatic heterocycles. The van der Waals surface area contributed by atoms with E-state index in [0.717, 1.165) is 10.9 Å². The van der Waals surface area contributed by atoms with E-state index in [1.54, 1.807) is 6.07 Å². The third kappa shape index (κ3) is 2.40. The highest BCUT2D eigenvalue weighted by atomic mass is 16.5. The van der Waals surface area contributed by atoms with Crippen LogP contribution in [-0.4, -0.2) is 10.8 Å². The summed E-state index contributed by atoms with van der Waals surface area (Å²) in [6, 6.07) is 9.50. The van der Waals surface area contributed by atoms with Gasteiger partial charge in [0.25, 0.3) is 5.56 Å². The number of carbonyl (C=O) groups excluding carboxylic acids is 1. The molecule has 0 radical (unpaired) electrons. The number of ketones is 1. The minimum Gasteiger partial charge on any atom is -0.444 e. The van der Waals surface area contributed by atoms with Gasteiger partial charge in [-0.3, -0.25) is 9.59 Å². The van der Waals surface area contributed by atoms with Crippen molar-refractivity contribution in [3.63, 3.8) is 0 Å². The number of nitrogens with one attached hydrogen (secondary N) is 1. The largest absolute Gasteiger partial charge is 0.444 e. The van der Waals surface area contributed by atoms with Gasteiger partial charge in [-0.15, -0.1) is 0 Å². The number of H-pyrrole nitrogens is 1. The molecule has 6 nitrogen and oxygen atoms in total. The van der Waals surface area contributed by atoms with Gasteiger partial charge in [-0.1, -0.05) is 12.1 Å². The van der Waals surface area contributed by atoms with Gasteiger partial charge >= 0.3 is 0 Å². The number of Topliss-reactive ketones (excluding diaryl/α,β-unsaturated/α-hetero) is 1. The predicted octanol–water partition coefficient (Wildman–Crippen LogP) is 2.65. The Morgan fingerprint density at radius 1 is 1.27 bits per heavy atom. The number of aromatic nitrogens is 1. The molecule has 0 saturated heterocycles.